The summed E-state index contributed by atoms with van der Waals surface area (Å²) in [7, 11) is 0. The molecule has 0 aliphatic rings. The SMILES string of the molecule is O=C(NCCCN(C(=O)Nc1ccc(Cl)cc1)c1ccc(F)cc1)Nc1cccc2ccccc12. The van der Waals surface area contributed by atoms with Gasteiger partial charge in [-0.1, -0.05) is 48.0 Å². The van der Waals surface area contributed by atoms with Gasteiger partial charge >= 0.3 is 12.1 Å². The first-order valence-electron chi connectivity index (χ1n) is 11.1. The Hall–Kier alpha value is -4.10. The van der Waals surface area contributed by atoms with Crippen LogP contribution in [0.25, 0.3) is 10.8 Å². The molecule has 3 N–H and O–H groups in total. The van der Waals surface area contributed by atoms with Crippen LogP contribution in [0.4, 0.5) is 31.0 Å². The highest BCUT2D eigenvalue weighted by Gasteiger charge is 2.16. The van der Waals surface area contributed by atoms with E-state index in [1.165, 1.54) is 29.2 Å². The van der Waals surface area contributed by atoms with E-state index in [9.17, 15) is 14.0 Å². The van der Waals surface area contributed by atoms with E-state index < -0.39 is 5.82 Å². The number of anilines is 3. The van der Waals surface area contributed by atoms with Crippen LogP contribution in [0.3, 0.4) is 0 Å². The van der Waals surface area contributed by atoms with E-state index in [1.54, 1.807) is 24.3 Å². The first-order chi connectivity index (χ1) is 17.0. The molecule has 4 rings (SSSR count). The molecule has 8 heteroatoms. The van der Waals surface area contributed by atoms with Crippen LogP contribution in [0.2, 0.25) is 5.02 Å². The highest BCUT2D eigenvalue weighted by molar-refractivity contribution is 6.30. The van der Waals surface area contributed by atoms with Crippen LogP contribution in [-0.2, 0) is 0 Å². The molecule has 4 amide bonds. The van der Waals surface area contributed by atoms with Crippen LogP contribution in [0.15, 0.2) is 91.0 Å². The van der Waals surface area contributed by atoms with Gasteiger partial charge in [-0.15, -0.1) is 0 Å². The maximum Gasteiger partial charge on any atom is 0.326 e. The molecule has 0 saturated carbocycles. The second-order valence-electron chi connectivity index (χ2n) is 7.83. The van der Waals surface area contributed by atoms with Crippen molar-refractivity contribution in [1.29, 1.82) is 0 Å². The number of hydrogen-bond donors (Lipinski definition) is 3. The molecule has 0 saturated heterocycles. The van der Waals surface area contributed by atoms with Crippen LogP contribution >= 0.6 is 11.6 Å². The lowest BCUT2D eigenvalue weighted by Gasteiger charge is -2.23. The van der Waals surface area contributed by atoms with Gasteiger partial charge < -0.3 is 16.0 Å². The minimum absolute atomic E-state index is 0.305. The maximum absolute atomic E-state index is 13.4. The minimum Gasteiger partial charge on any atom is -0.338 e. The fourth-order valence-electron chi connectivity index (χ4n) is 3.63. The number of halogens is 2. The maximum atomic E-state index is 13.4. The van der Waals surface area contributed by atoms with Gasteiger partial charge in [-0.05, 0) is 66.4 Å². The Kier molecular flexibility index (Phi) is 7.80. The molecule has 0 spiro atoms. The van der Waals surface area contributed by atoms with Gasteiger partial charge in [0.05, 0.1) is 5.69 Å². The third-order valence-corrected chi connectivity index (χ3v) is 5.61. The standard InChI is InChI=1S/C27H24ClFN4O2/c28-20-9-13-22(14-10-20)31-27(35)33(23-15-11-21(29)12-16-23)18-4-17-30-26(34)32-25-8-3-6-19-5-1-2-7-24(19)25/h1-3,5-16H,4,17-18H2,(H,31,35)(H2,30,32,34). The number of rotatable bonds is 7. The number of urea groups is 2. The summed E-state index contributed by atoms with van der Waals surface area (Å²) in [5.74, 6) is -0.390. The van der Waals surface area contributed by atoms with Gasteiger partial charge in [0.25, 0.3) is 0 Å². The molecule has 6 nitrogen and oxygen atoms in total. The highest BCUT2D eigenvalue weighted by atomic mass is 35.5. The van der Waals surface area contributed by atoms with Crippen LogP contribution in [0.5, 0.6) is 0 Å². The van der Waals surface area contributed by atoms with Gasteiger partial charge in [0.2, 0.25) is 0 Å². The van der Waals surface area contributed by atoms with Crippen LogP contribution in [0.1, 0.15) is 6.42 Å². The summed E-state index contributed by atoms with van der Waals surface area (Å²) in [6.45, 7) is 0.641. The van der Waals surface area contributed by atoms with Crippen molar-refractivity contribution < 1.29 is 14.0 Å². The summed E-state index contributed by atoms with van der Waals surface area (Å²) in [5, 5.41) is 11.1. The number of hydrogen-bond acceptors (Lipinski definition) is 2. The topological polar surface area (TPSA) is 73.5 Å². The van der Waals surface area contributed by atoms with Crippen molar-refractivity contribution in [3.8, 4) is 0 Å². The quantitative estimate of drug-likeness (QED) is 0.247. The van der Waals surface area contributed by atoms with Crippen molar-refractivity contribution in [1.82, 2.24) is 5.32 Å². The van der Waals surface area contributed by atoms with Crippen molar-refractivity contribution in [2.75, 3.05) is 28.6 Å². The molecule has 0 aliphatic heterocycles. The molecular weight excluding hydrogens is 467 g/mol. The first-order valence-corrected chi connectivity index (χ1v) is 11.5. The van der Waals surface area contributed by atoms with E-state index in [-0.39, 0.29) is 12.1 Å². The summed E-state index contributed by atoms with van der Waals surface area (Å²) >= 11 is 5.91. The number of benzene rings is 4. The summed E-state index contributed by atoms with van der Waals surface area (Å²) < 4.78 is 13.4. The third kappa shape index (κ3) is 6.49. The molecule has 0 heterocycles. The predicted octanol–water partition coefficient (Wildman–Crippen LogP) is 6.88. The Bertz CT molecular complexity index is 1310. The number of nitrogens with zero attached hydrogens (tertiary/aromatic N) is 1. The van der Waals surface area contributed by atoms with Crippen molar-refractivity contribution >= 4 is 51.5 Å². The van der Waals surface area contributed by atoms with Gasteiger partial charge in [0.1, 0.15) is 5.82 Å². The largest absolute Gasteiger partial charge is 0.338 e. The lowest BCUT2D eigenvalue weighted by molar-refractivity contribution is 0.252. The molecule has 4 aromatic carbocycles. The zero-order valence-corrected chi connectivity index (χ0v) is 19.6. The molecule has 0 unspecified atom stereocenters. The van der Waals surface area contributed by atoms with E-state index in [2.05, 4.69) is 16.0 Å². The lowest BCUT2D eigenvalue weighted by Crippen LogP contribution is -2.38. The summed E-state index contributed by atoms with van der Waals surface area (Å²) in [6, 6.07) is 25.2. The Morgan fingerprint density at radius 1 is 0.829 bits per heavy atom. The number of amides is 4. The van der Waals surface area contributed by atoms with Crippen molar-refractivity contribution in [3.63, 3.8) is 0 Å². The number of carbonyl (C=O) groups is 2. The van der Waals surface area contributed by atoms with Gasteiger partial charge in [-0.25, -0.2) is 14.0 Å². The van der Waals surface area contributed by atoms with Gasteiger partial charge in [-0.3, -0.25) is 4.90 Å². The molecule has 0 aliphatic carbocycles. The molecular formula is C27H24ClFN4O2. The van der Waals surface area contributed by atoms with E-state index >= 15 is 0 Å². The van der Waals surface area contributed by atoms with E-state index in [1.807, 2.05) is 42.5 Å². The molecule has 0 atom stereocenters. The van der Waals surface area contributed by atoms with E-state index in [4.69, 9.17) is 11.6 Å². The highest BCUT2D eigenvalue weighted by Crippen LogP contribution is 2.23. The predicted molar refractivity (Wildman–Crippen MR) is 140 cm³/mol. The molecule has 0 fully saturated rings. The van der Waals surface area contributed by atoms with Gasteiger partial charge in [-0.2, -0.15) is 0 Å². The number of carbonyl (C=O) groups excluding carboxylic acids is 2. The van der Waals surface area contributed by atoms with Crippen LogP contribution in [0, 0.1) is 5.82 Å². The first kappa shape index (κ1) is 24.0. The lowest BCUT2D eigenvalue weighted by atomic mass is 10.1. The number of fused-ring (bicyclic) bond motifs is 1. The normalized spacial score (nSPS) is 10.6. The minimum atomic E-state index is -0.390. The van der Waals surface area contributed by atoms with E-state index in [0.717, 1.165) is 16.5 Å². The summed E-state index contributed by atoms with van der Waals surface area (Å²) in [6.07, 6.45) is 0.481. The van der Waals surface area contributed by atoms with Crippen LogP contribution < -0.4 is 20.9 Å². The van der Waals surface area contributed by atoms with E-state index in [0.29, 0.717) is 35.9 Å². The molecule has 0 radical (unpaired) electrons. The van der Waals surface area contributed by atoms with Crippen LogP contribution in [-0.4, -0.2) is 25.2 Å². The average molecular weight is 491 g/mol. The molecule has 0 bridgehead atoms. The second kappa shape index (κ2) is 11.4. The van der Waals surface area contributed by atoms with Crippen molar-refractivity contribution in [3.05, 3.63) is 102 Å². The fraction of sp³-hybridized carbons (Fsp3) is 0.111. The fourth-order valence-corrected chi connectivity index (χ4v) is 3.76. The monoisotopic (exact) mass is 490 g/mol. The zero-order valence-electron chi connectivity index (χ0n) is 18.8. The molecule has 0 aromatic heterocycles. The molecule has 35 heavy (non-hydrogen) atoms. The zero-order chi connectivity index (χ0) is 24.6. The molecule has 4 aromatic rings. The Morgan fingerprint density at radius 3 is 2.31 bits per heavy atom. The third-order valence-electron chi connectivity index (χ3n) is 5.36. The average Bonchev–Trinajstić information content (AvgIpc) is 2.86. The Labute approximate surface area is 207 Å². The second-order valence-corrected chi connectivity index (χ2v) is 8.26. The Morgan fingerprint density at radius 2 is 1.54 bits per heavy atom. The van der Waals surface area contributed by atoms with Crippen molar-refractivity contribution in [2.24, 2.45) is 0 Å². The number of nitrogens with one attached hydrogen (secondary N) is 3. The van der Waals surface area contributed by atoms with Crippen molar-refractivity contribution in [2.45, 2.75) is 6.42 Å². The molecule has 178 valence electrons. The summed E-state index contributed by atoms with van der Waals surface area (Å²) in [4.78, 5) is 26.9. The van der Waals surface area contributed by atoms with Gasteiger partial charge in [0, 0.05) is 34.9 Å². The smallest absolute Gasteiger partial charge is 0.326 e. The van der Waals surface area contributed by atoms with Gasteiger partial charge in [0.15, 0.2) is 0 Å². The Balaban J connectivity index is 1.35. The summed E-state index contributed by atoms with van der Waals surface area (Å²) in [5.41, 5.74) is 1.84.